The molecule has 1 saturated carbocycles. The van der Waals surface area contributed by atoms with Gasteiger partial charge >= 0.3 is 0 Å². The van der Waals surface area contributed by atoms with E-state index in [-0.39, 0.29) is 0 Å². The zero-order valence-corrected chi connectivity index (χ0v) is 7.97. The summed E-state index contributed by atoms with van der Waals surface area (Å²) in [5.74, 6) is 1.00. The third kappa shape index (κ3) is 3.22. The highest BCUT2D eigenvalue weighted by molar-refractivity contribution is 5.76. The fourth-order valence-electron chi connectivity index (χ4n) is 1.13. The molecular formula is C9H18N2O. The van der Waals surface area contributed by atoms with Crippen molar-refractivity contribution in [2.75, 3.05) is 27.2 Å². The van der Waals surface area contributed by atoms with Crippen LogP contribution in [-0.4, -0.2) is 38.0 Å². The van der Waals surface area contributed by atoms with E-state index in [0.29, 0.717) is 11.8 Å². The lowest BCUT2D eigenvalue weighted by Crippen LogP contribution is -2.32. The van der Waals surface area contributed by atoms with E-state index in [1.807, 2.05) is 19.0 Å². The summed E-state index contributed by atoms with van der Waals surface area (Å²) >= 11 is 0. The van der Waals surface area contributed by atoms with Crippen LogP contribution in [0.5, 0.6) is 0 Å². The summed E-state index contributed by atoms with van der Waals surface area (Å²) in [5.41, 5.74) is 0. The van der Waals surface area contributed by atoms with Gasteiger partial charge in [-0.05, 0) is 25.8 Å². The normalized spacial score (nSPS) is 16.2. The molecule has 1 fully saturated rings. The Morgan fingerprint density at radius 1 is 1.58 bits per heavy atom. The molecule has 0 spiro atoms. The molecule has 1 N–H and O–H groups in total. The Balaban J connectivity index is 2.11. The van der Waals surface area contributed by atoms with Gasteiger partial charge in [-0.3, -0.25) is 4.79 Å². The number of carbonyl (C=O) groups is 1. The van der Waals surface area contributed by atoms with Gasteiger partial charge in [-0.1, -0.05) is 0 Å². The van der Waals surface area contributed by atoms with E-state index in [1.54, 1.807) is 0 Å². The minimum absolute atomic E-state index is 0.299. The van der Waals surface area contributed by atoms with E-state index in [2.05, 4.69) is 5.32 Å². The van der Waals surface area contributed by atoms with Gasteiger partial charge in [0, 0.05) is 26.6 Å². The molecule has 0 radical (unpaired) electrons. The van der Waals surface area contributed by atoms with Crippen LogP contribution in [0.25, 0.3) is 0 Å². The van der Waals surface area contributed by atoms with Crippen LogP contribution in [0.3, 0.4) is 0 Å². The Kier molecular flexibility index (Phi) is 3.53. The van der Waals surface area contributed by atoms with E-state index >= 15 is 0 Å². The Morgan fingerprint density at radius 3 is 2.75 bits per heavy atom. The van der Waals surface area contributed by atoms with E-state index in [1.165, 1.54) is 12.8 Å². The summed E-state index contributed by atoms with van der Waals surface area (Å²) in [6.45, 7) is 1.70. The summed E-state index contributed by atoms with van der Waals surface area (Å²) < 4.78 is 0. The predicted octanol–water partition coefficient (Wildman–Crippen LogP) is 0.464. The van der Waals surface area contributed by atoms with Crippen molar-refractivity contribution in [2.24, 2.45) is 5.92 Å². The maximum Gasteiger partial charge on any atom is 0.222 e. The fraction of sp³-hybridized carbons (Fsp3) is 0.889. The average molecular weight is 170 g/mol. The maximum absolute atomic E-state index is 11.4. The smallest absolute Gasteiger partial charge is 0.222 e. The van der Waals surface area contributed by atoms with E-state index in [0.717, 1.165) is 19.5 Å². The van der Waals surface area contributed by atoms with Crippen molar-refractivity contribution in [2.45, 2.75) is 19.3 Å². The SMILES string of the molecule is CNCCN(C)C(=O)CC1CC1. The highest BCUT2D eigenvalue weighted by Crippen LogP contribution is 2.32. The lowest BCUT2D eigenvalue weighted by Gasteiger charge is -2.16. The molecule has 0 unspecified atom stereocenters. The first-order valence-electron chi connectivity index (χ1n) is 4.62. The van der Waals surface area contributed by atoms with E-state index in [4.69, 9.17) is 0 Å². The molecule has 0 atom stereocenters. The number of rotatable bonds is 5. The second-order valence-corrected chi connectivity index (χ2v) is 3.57. The monoisotopic (exact) mass is 170 g/mol. The molecule has 3 nitrogen and oxygen atoms in total. The van der Waals surface area contributed by atoms with E-state index in [9.17, 15) is 4.79 Å². The van der Waals surface area contributed by atoms with Gasteiger partial charge in [-0.2, -0.15) is 0 Å². The molecule has 1 amide bonds. The molecule has 1 rings (SSSR count). The summed E-state index contributed by atoms with van der Waals surface area (Å²) in [6, 6.07) is 0. The minimum atomic E-state index is 0.299. The summed E-state index contributed by atoms with van der Waals surface area (Å²) in [5, 5.41) is 3.03. The molecule has 0 aromatic carbocycles. The first-order valence-corrected chi connectivity index (χ1v) is 4.62. The average Bonchev–Trinajstić information content (AvgIpc) is 2.83. The highest BCUT2D eigenvalue weighted by Gasteiger charge is 2.25. The molecule has 1 aliphatic carbocycles. The molecule has 12 heavy (non-hydrogen) atoms. The molecule has 0 saturated heterocycles. The number of hydrogen-bond acceptors (Lipinski definition) is 2. The van der Waals surface area contributed by atoms with Gasteiger partial charge in [0.1, 0.15) is 0 Å². The minimum Gasteiger partial charge on any atom is -0.344 e. The van der Waals surface area contributed by atoms with Crippen molar-refractivity contribution in [3.63, 3.8) is 0 Å². The van der Waals surface area contributed by atoms with Crippen molar-refractivity contribution < 1.29 is 4.79 Å². The van der Waals surface area contributed by atoms with Crippen molar-refractivity contribution >= 4 is 5.91 Å². The summed E-state index contributed by atoms with van der Waals surface area (Å²) in [6.07, 6.45) is 3.28. The van der Waals surface area contributed by atoms with Crippen LogP contribution in [0.15, 0.2) is 0 Å². The van der Waals surface area contributed by atoms with Crippen molar-refractivity contribution in [1.82, 2.24) is 10.2 Å². The van der Waals surface area contributed by atoms with Crippen LogP contribution in [-0.2, 0) is 4.79 Å². The van der Waals surface area contributed by atoms with Crippen LogP contribution in [0.2, 0.25) is 0 Å². The molecular weight excluding hydrogens is 152 g/mol. The molecule has 0 aromatic heterocycles. The van der Waals surface area contributed by atoms with Crippen LogP contribution in [0, 0.1) is 5.92 Å². The molecule has 70 valence electrons. The number of amides is 1. The van der Waals surface area contributed by atoms with Crippen LogP contribution in [0.4, 0.5) is 0 Å². The Hall–Kier alpha value is -0.570. The predicted molar refractivity (Wildman–Crippen MR) is 48.9 cm³/mol. The maximum atomic E-state index is 11.4. The number of likely N-dealkylation sites (N-methyl/N-ethyl adjacent to an activating group) is 2. The lowest BCUT2D eigenvalue weighted by atomic mass is 10.2. The third-order valence-electron chi connectivity index (χ3n) is 2.28. The fourth-order valence-corrected chi connectivity index (χ4v) is 1.13. The Bertz CT molecular complexity index is 155. The molecule has 0 bridgehead atoms. The number of nitrogens with one attached hydrogen (secondary N) is 1. The standard InChI is InChI=1S/C9H18N2O/c1-10-5-6-11(2)9(12)7-8-3-4-8/h8,10H,3-7H2,1-2H3. The van der Waals surface area contributed by atoms with E-state index < -0.39 is 0 Å². The van der Waals surface area contributed by atoms with Gasteiger partial charge < -0.3 is 10.2 Å². The zero-order valence-electron chi connectivity index (χ0n) is 7.97. The van der Waals surface area contributed by atoms with Crippen LogP contribution < -0.4 is 5.32 Å². The lowest BCUT2D eigenvalue weighted by molar-refractivity contribution is -0.130. The van der Waals surface area contributed by atoms with Gasteiger partial charge in [-0.15, -0.1) is 0 Å². The molecule has 0 heterocycles. The topological polar surface area (TPSA) is 32.3 Å². The first kappa shape index (κ1) is 9.52. The number of carbonyl (C=O) groups excluding carboxylic acids is 1. The molecule has 1 aliphatic rings. The molecule has 3 heteroatoms. The second-order valence-electron chi connectivity index (χ2n) is 3.57. The zero-order chi connectivity index (χ0) is 8.97. The molecule has 0 aliphatic heterocycles. The van der Waals surface area contributed by atoms with Crippen molar-refractivity contribution in [1.29, 1.82) is 0 Å². The first-order chi connectivity index (χ1) is 5.74. The van der Waals surface area contributed by atoms with Gasteiger partial charge in [0.15, 0.2) is 0 Å². The van der Waals surface area contributed by atoms with Gasteiger partial charge in [0.25, 0.3) is 0 Å². The van der Waals surface area contributed by atoms with Gasteiger partial charge in [-0.25, -0.2) is 0 Å². The summed E-state index contributed by atoms with van der Waals surface area (Å²) in [7, 11) is 3.78. The number of hydrogen-bond donors (Lipinski definition) is 1. The van der Waals surface area contributed by atoms with Crippen LogP contribution in [0.1, 0.15) is 19.3 Å². The van der Waals surface area contributed by atoms with Crippen molar-refractivity contribution in [3.8, 4) is 0 Å². The molecule has 0 aromatic rings. The number of nitrogens with zero attached hydrogens (tertiary/aromatic N) is 1. The van der Waals surface area contributed by atoms with Gasteiger partial charge in [0.05, 0.1) is 0 Å². The summed E-state index contributed by atoms with van der Waals surface area (Å²) in [4.78, 5) is 13.2. The Morgan fingerprint density at radius 2 is 2.25 bits per heavy atom. The quantitative estimate of drug-likeness (QED) is 0.650. The Labute approximate surface area is 74.1 Å². The van der Waals surface area contributed by atoms with Crippen molar-refractivity contribution in [3.05, 3.63) is 0 Å². The third-order valence-corrected chi connectivity index (χ3v) is 2.28. The second kappa shape index (κ2) is 4.45. The van der Waals surface area contributed by atoms with Gasteiger partial charge in [0.2, 0.25) is 5.91 Å². The van der Waals surface area contributed by atoms with Crippen LogP contribution >= 0.6 is 0 Å². The highest BCUT2D eigenvalue weighted by atomic mass is 16.2. The largest absolute Gasteiger partial charge is 0.344 e.